The van der Waals surface area contributed by atoms with Crippen molar-refractivity contribution in [1.82, 2.24) is 4.90 Å². The van der Waals surface area contributed by atoms with E-state index in [1.165, 1.54) is 45.1 Å². The third-order valence-electron chi connectivity index (χ3n) is 4.13. The van der Waals surface area contributed by atoms with E-state index in [-0.39, 0.29) is 0 Å². The van der Waals surface area contributed by atoms with E-state index in [1.54, 1.807) is 0 Å². The molecule has 16 heavy (non-hydrogen) atoms. The summed E-state index contributed by atoms with van der Waals surface area (Å²) in [6, 6.07) is 1.65. The number of hydrogen-bond donors (Lipinski definition) is 0. The quantitative estimate of drug-likeness (QED) is 0.667. The van der Waals surface area contributed by atoms with E-state index in [1.807, 2.05) is 0 Å². The van der Waals surface area contributed by atoms with E-state index in [0.29, 0.717) is 5.41 Å². The lowest BCUT2D eigenvalue weighted by molar-refractivity contribution is 0.0885. The lowest BCUT2D eigenvalue weighted by Crippen LogP contribution is -2.45. The zero-order valence-electron chi connectivity index (χ0n) is 12.1. The first kappa shape index (κ1) is 14.0. The van der Waals surface area contributed by atoms with Gasteiger partial charge in [-0.15, -0.1) is 0 Å². The van der Waals surface area contributed by atoms with Gasteiger partial charge in [-0.2, -0.15) is 0 Å². The van der Waals surface area contributed by atoms with Crippen molar-refractivity contribution in [3.8, 4) is 0 Å². The van der Waals surface area contributed by atoms with Crippen LogP contribution in [-0.2, 0) is 0 Å². The number of rotatable bonds is 5. The first-order valence-electron chi connectivity index (χ1n) is 7.26. The second kappa shape index (κ2) is 6.05. The number of likely N-dealkylation sites (tertiary alicyclic amines) is 1. The molecule has 1 aliphatic heterocycles. The number of nitrogens with zero attached hydrogens (tertiary/aromatic N) is 1. The highest BCUT2D eigenvalue weighted by Gasteiger charge is 2.36. The second-order valence-corrected chi connectivity index (χ2v) is 6.47. The molecule has 1 saturated heterocycles. The van der Waals surface area contributed by atoms with Crippen LogP contribution >= 0.6 is 0 Å². The van der Waals surface area contributed by atoms with Crippen LogP contribution < -0.4 is 0 Å². The van der Waals surface area contributed by atoms with Crippen molar-refractivity contribution in [3.63, 3.8) is 0 Å². The van der Waals surface area contributed by atoms with E-state index >= 15 is 0 Å². The fourth-order valence-corrected chi connectivity index (χ4v) is 3.20. The Kier molecular flexibility index (Phi) is 5.30. The molecule has 0 saturated carbocycles. The van der Waals surface area contributed by atoms with Gasteiger partial charge in [0, 0.05) is 12.1 Å². The highest BCUT2D eigenvalue weighted by molar-refractivity contribution is 4.91. The first-order chi connectivity index (χ1) is 7.50. The zero-order chi connectivity index (χ0) is 12.2. The molecule has 0 spiro atoms. The van der Waals surface area contributed by atoms with Crippen molar-refractivity contribution in [2.75, 3.05) is 6.54 Å². The molecule has 0 radical (unpaired) electrons. The average Bonchev–Trinajstić information content (AvgIpc) is 2.67. The molecule has 96 valence electrons. The Hall–Kier alpha value is -0.0400. The highest BCUT2D eigenvalue weighted by atomic mass is 15.2. The standard InChI is InChI=1S/C15H31N/c1-6-8-10-13(7-2)16-12-9-11-14(16)15(3,4)5/h13-14H,6-12H2,1-5H3/t13?,14-/m1/s1. The van der Waals surface area contributed by atoms with E-state index in [0.717, 1.165) is 12.1 Å². The molecule has 2 atom stereocenters. The fraction of sp³-hybridized carbons (Fsp3) is 1.00. The van der Waals surface area contributed by atoms with Crippen LogP contribution in [0.4, 0.5) is 0 Å². The summed E-state index contributed by atoms with van der Waals surface area (Å²) in [7, 11) is 0. The van der Waals surface area contributed by atoms with Crippen LogP contribution in [0.15, 0.2) is 0 Å². The SMILES string of the molecule is CCCCC(CC)N1CCC[C@@H]1C(C)(C)C. The van der Waals surface area contributed by atoms with Crippen molar-refractivity contribution in [3.05, 3.63) is 0 Å². The largest absolute Gasteiger partial charge is 0.297 e. The van der Waals surface area contributed by atoms with E-state index in [2.05, 4.69) is 39.5 Å². The molecule has 1 aliphatic rings. The van der Waals surface area contributed by atoms with Gasteiger partial charge < -0.3 is 0 Å². The Morgan fingerprint density at radius 1 is 1.25 bits per heavy atom. The third kappa shape index (κ3) is 3.48. The van der Waals surface area contributed by atoms with Gasteiger partial charge in [0.1, 0.15) is 0 Å². The van der Waals surface area contributed by atoms with Crippen LogP contribution in [0, 0.1) is 5.41 Å². The molecule has 0 N–H and O–H groups in total. The average molecular weight is 225 g/mol. The van der Waals surface area contributed by atoms with Gasteiger partial charge in [0.25, 0.3) is 0 Å². The number of unbranched alkanes of at least 4 members (excludes halogenated alkanes) is 1. The van der Waals surface area contributed by atoms with Crippen molar-refractivity contribution < 1.29 is 0 Å². The Morgan fingerprint density at radius 3 is 2.44 bits per heavy atom. The van der Waals surface area contributed by atoms with Gasteiger partial charge in [-0.1, -0.05) is 47.5 Å². The summed E-state index contributed by atoms with van der Waals surface area (Å²) in [5.41, 5.74) is 0.454. The summed E-state index contributed by atoms with van der Waals surface area (Å²) in [4.78, 5) is 2.82. The van der Waals surface area contributed by atoms with Crippen molar-refractivity contribution in [1.29, 1.82) is 0 Å². The maximum absolute atomic E-state index is 2.82. The summed E-state index contributed by atoms with van der Waals surface area (Å²) < 4.78 is 0. The molecule has 1 heteroatoms. The molecule has 1 nitrogen and oxygen atoms in total. The summed E-state index contributed by atoms with van der Waals surface area (Å²) in [6.07, 6.45) is 8.28. The van der Waals surface area contributed by atoms with Crippen LogP contribution in [0.1, 0.15) is 73.1 Å². The van der Waals surface area contributed by atoms with Crippen LogP contribution in [0.25, 0.3) is 0 Å². The molecule has 0 amide bonds. The summed E-state index contributed by atoms with van der Waals surface area (Å²) in [6.45, 7) is 13.2. The van der Waals surface area contributed by atoms with Gasteiger partial charge in [-0.05, 0) is 37.6 Å². The summed E-state index contributed by atoms with van der Waals surface area (Å²) in [5, 5.41) is 0. The smallest absolute Gasteiger partial charge is 0.0147 e. The molecule has 0 aromatic carbocycles. The number of hydrogen-bond acceptors (Lipinski definition) is 1. The first-order valence-corrected chi connectivity index (χ1v) is 7.26. The summed E-state index contributed by atoms with van der Waals surface area (Å²) in [5.74, 6) is 0. The van der Waals surface area contributed by atoms with Crippen LogP contribution in [0.5, 0.6) is 0 Å². The second-order valence-electron chi connectivity index (χ2n) is 6.47. The van der Waals surface area contributed by atoms with Crippen molar-refractivity contribution in [2.45, 2.75) is 85.2 Å². The molecular weight excluding hydrogens is 194 g/mol. The van der Waals surface area contributed by atoms with Crippen LogP contribution in [0.3, 0.4) is 0 Å². The minimum absolute atomic E-state index is 0.454. The fourth-order valence-electron chi connectivity index (χ4n) is 3.20. The minimum Gasteiger partial charge on any atom is -0.297 e. The Morgan fingerprint density at radius 2 is 1.94 bits per heavy atom. The van der Waals surface area contributed by atoms with Gasteiger partial charge >= 0.3 is 0 Å². The molecule has 1 rings (SSSR count). The lowest BCUT2D eigenvalue weighted by atomic mass is 9.84. The Balaban J connectivity index is 2.61. The Labute approximate surface area is 103 Å². The van der Waals surface area contributed by atoms with Crippen molar-refractivity contribution in [2.24, 2.45) is 5.41 Å². The predicted octanol–water partition coefficient (Wildman–Crippen LogP) is 4.47. The molecule has 1 fully saturated rings. The summed E-state index contributed by atoms with van der Waals surface area (Å²) >= 11 is 0. The minimum atomic E-state index is 0.454. The normalized spacial score (nSPS) is 24.9. The van der Waals surface area contributed by atoms with E-state index < -0.39 is 0 Å². The molecule has 0 aliphatic carbocycles. The monoisotopic (exact) mass is 225 g/mol. The lowest BCUT2D eigenvalue weighted by Gasteiger charge is -2.40. The van der Waals surface area contributed by atoms with Crippen molar-refractivity contribution >= 4 is 0 Å². The van der Waals surface area contributed by atoms with Gasteiger partial charge in [0.2, 0.25) is 0 Å². The molecule has 0 bridgehead atoms. The highest BCUT2D eigenvalue weighted by Crippen LogP contribution is 2.35. The molecular formula is C15H31N. The van der Waals surface area contributed by atoms with Gasteiger partial charge in [-0.25, -0.2) is 0 Å². The van der Waals surface area contributed by atoms with E-state index in [9.17, 15) is 0 Å². The topological polar surface area (TPSA) is 3.24 Å². The van der Waals surface area contributed by atoms with Gasteiger partial charge in [-0.3, -0.25) is 4.90 Å². The molecule has 1 heterocycles. The van der Waals surface area contributed by atoms with Gasteiger partial charge in [0.05, 0.1) is 0 Å². The van der Waals surface area contributed by atoms with Gasteiger partial charge in [0.15, 0.2) is 0 Å². The molecule has 0 aromatic heterocycles. The molecule has 1 unspecified atom stereocenters. The maximum atomic E-state index is 2.82. The third-order valence-corrected chi connectivity index (χ3v) is 4.13. The van der Waals surface area contributed by atoms with E-state index in [4.69, 9.17) is 0 Å². The Bertz CT molecular complexity index is 192. The molecule has 0 aromatic rings. The van der Waals surface area contributed by atoms with Crippen LogP contribution in [-0.4, -0.2) is 23.5 Å². The maximum Gasteiger partial charge on any atom is 0.0147 e. The zero-order valence-corrected chi connectivity index (χ0v) is 12.1. The van der Waals surface area contributed by atoms with Crippen LogP contribution in [0.2, 0.25) is 0 Å². The predicted molar refractivity (Wildman–Crippen MR) is 72.8 cm³/mol.